The summed E-state index contributed by atoms with van der Waals surface area (Å²) in [6, 6.07) is 18.7. The molecule has 0 saturated carbocycles. The van der Waals surface area contributed by atoms with E-state index in [4.69, 9.17) is 0 Å². The Morgan fingerprint density at radius 3 is 2.42 bits per heavy atom. The van der Waals surface area contributed by atoms with E-state index < -0.39 is 6.04 Å². The van der Waals surface area contributed by atoms with Crippen molar-refractivity contribution in [1.29, 1.82) is 0 Å². The number of aromatic nitrogens is 4. The highest BCUT2D eigenvalue weighted by molar-refractivity contribution is 5.98. The summed E-state index contributed by atoms with van der Waals surface area (Å²) in [6.07, 6.45) is 4.76. The van der Waals surface area contributed by atoms with Gasteiger partial charge in [0, 0.05) is 12.7 Å². The predicted molar refractivity (Wildman–Crippen MR) is 99.8 cm³/mol. The van der Waals surface area contributed by atoms with Gasteiger partial charge in [0.15, 0.2) is 5.65 Å². The normalized spacial score (nSPS) is 12.0. The molecule has 4 aromatic rings. The quantitative estimate of drug-likeness (QED) is 0.571. The Bertz CT molecular complexity index is 1030. The molecule has 2 heterocycles. The number of nitrogens with zero attached hydrogens (tertiary/aromatic N) is 5. The van der Waals surface area contributed by atoms with E-state index in [1.165, 1.54) is 6.33 Å². The third-order valence-corrected chi connectivity index (χ3v) is 4.34. The standard InChI is InChI=1S/C20H17N5O/c1-24(16-10-6-3-7-11-16)20(26)18(15-8-4-2-5-9-15)25-14-23-17-12-21-13-22-19(17)25/h2-14,18H,1H3. The molecular weight excluding hydrogens is 326 g/mol. The summed E-state index contributed by atoms with van der Waals surface area (Å²) in [6.45, 7) is 0. The maximum atomic E-state index is 13.4. The number of hydrogen-bond donors (Lipinski definition) is 0. The molecule has 1 unspecified atom stereocenters. The molecule has 1 atom stereocenters. The molecule has 0 N–H and O–H groups in total. The third-order valence-electron chi connectivity index (χ3n) is 4.34. The van der Waals surface area contributed by atoms with Gasteiger partial charge in [0.25, 0.3) is 5.91 Å². The van der Waals surface area contributed by atoms with Crippen LogP contribution in [0.2, 0.25) is 0 Å². The van der Waals surface area contributed by atoms with E-state index >= 15 is 0 Å². The molecular formula is C20H17N5O. The number of imidazole rings is 1. The molecule has 0 aliphatic rings. The number of para-hydroxylation sites is 1. The van der Waals surface area contributed by atoms with Gasteiger partial charge < -0.3 is 4.90 Å². The van der Waals surface area contributed by atoms with Gasteiger partial charge in [-0.25, -0.2) is 15.0 Å². The van der Waals surface area contributed by atoms with Gasteiger partial charge in [-0.2, -0.15) is 0 Å². The highest BCUT2D eigenvalue weighted by atomic mass is 16.2. The smallest absolute Gasteiger partial charge is 0.254 e. The molecule has 2 aromatic heterocycles. The van der Waals surface area contributed by atoms with Crippen LogP contribution in [0.25, 0.3) is 11.2 Å². The van der Waals surface area contributed by atoms with E-state index in [-0.39, 0.29) is 5.91 Å². The van der Waals surface area contributed by atoms with Crippen molar-refractivity contribution in [3.8, 4) is 0 Å². The van der Waals surface area contributed by atoms with Crippen LogP contribution in [0.5, 0.6) is 0 Å². The molecule has 0 spiro atoms. The van der Waals surface area contributed by atoms with E-state index in [0.29, 0.717) is 11.2 Å². The number of amides is 1. The van der Waals surface area contributed by atoms with Crippen molar-refractivity contribution in [3.05, 3.63) is 85.1 Å². The number of carbonyl (C=O) groups is 1. The summed E-state index contributed by atoms with van der Waals surface area (Å²) in [4.78, 5) is 27.7. The second kappa shape index (κ2) is 6.76. The van der Waals surface area contributed by atoms with Crippen molar-refractivity contribution in [2.24, 2.45) is 0 Å². The zero-order chi connectivity index (χ0) is 17.9. The molecule has 26 heavy (non-hydrogen) atoms. The van der Waals surface area contributed by atoms with Crippen LogP contribution in [-0.2, 0) is 4.79 Å². The SMILES string of the molecule is CN(C(=O)C(c1ccccc1)n1cnc2cncnc21)c1ccccc1. The number of benzene rings is 2. The van der Waals surface area contributed by atoms with Crippen LogP contribution < -0.4 is 4.90 Å². The largest absolute Gasteiger partial charge is 0.313 e. The Morgan fingerprint density at radius 2 is 1.69 bits per heavy atom. The molecule has 4 rings (SSSR count). The van der Waals surface area contributed by atoms with Crippen LogP contribution in [0.1, 0.15) is 11.6 Å². The summed E-state index contributed by atoms with van der Waals surface area (Å²) in [5, 5.41) is 0. The van der Waals surface area contributed by atoms with Crippen LogP contribution in [0, 0.1) is 0 Å². The molecule has 0 bridgehead atoms. The Labute approximate surface area is 150 Å². The molecule has 0 aliphatic carbocycles. The van der Waals surface area contributed by atoms with Crippen molar-refractivity contribution in [1.82, 2.24) is 19.5 Å². The number of likely N-dealkylation sites (N-methyl/N-ethyl adjacent to an activating group) is 1. The van der Waals surface area contributed by atoms with Crippen molar-refractivity contribution < 1.29 is 4.79 Å². The first-order chi connectivity index (χ1) is 12.8. The second-order valence-electron chi connectivity index (χ2n) is 5.93. The number of carbonyl (C=O) groups excluding carboxylic acids is 1. The lowest BCUT2D eigenvalue weighted by molar-refractivity contribution is -0.120. The molecule has 0 fully saturated rings. The minimum atomic E-state index is -0.568. The van der Waals surface area contributed by atoms with Crippen LogP contribution in [-0.4, -0.2) is 32.5 Å². The van der Waals surface area contributed by atoms with Gasteiger partial charge in [0.05, 0.1) is 12.5 Å². The van der Waals surface area contributed by atoms with Gasteiger partial charge in [-0.05, 0) is 17.7 Å². The minimum absolute atomic E-state index is 0.0692. The van der Waals surface area contributed by atoms with E-state index in [0.717, 1.165) is 11.3 Å². The van der Waals surface area contributed by atoms with Crippen molar-refractivity contribution in [3.63, 3.8) is 0 Å². The number of hydrogen-bond acceptors (Lipinski definition) is 4. The molecule has 0 aliphatic heterocycles. The first-order valence-corrected chi connectivity index (χ1v) is 8.26. The molecule has 2 aromatic carbocycles. The summed E-state index contributed by atoms with van der Waals surface area (Å²) in [7, 11) is 1.78. The van der Waals surface area contributed by atoms with E-state index in [9.17, 15) is 4.79 Å². The van der Waals surface area contributed by atoms with Crippen molar-refractivity contribution >= 4 is 22.8 Å². The molecule has 0 radical (unpaired) electrons. The summed E-state index contributed by atoms with van der Waals surface area (Å²) in [5.41, 5.74) is 2.99. The van der Waals surface area contributed by atoms with E-state index in [1.807, 2.05) is 60.7 Å². The second-order valence-corrected chi connectivity index (χ2v) is 5.93. The fourth-order valence-electron chi connectivity index (χ4n) is 2.99. The first kappa shape index (κ1) is 16.0. The Hall–Kier alpha value is -3.54. The first-order valence-electron chi connectivity index (χ1n) is 8.26. The number of fused-ring (bicyclic) bond motifs is 1. The lowest BCUT2D eigenvalue weighted by atomic mass is 10.1. The lowest BCUT2D eigenvalue weighted by Crippen LogP contribution is -2.35. The molecule has 128 valence electrons. The van der Waals surface area contributed by atoms with Gasteiger partial charge in [-0.15, -0.1) is 0 Å². The topological polar surface area (TPSA) is 63.9 Å². The van der Waals surface area contributed by atoms with Crippen molar-refractivity contribution in [2.75, 3.05) is 11.9 Å². The fraction of sp³-hybridized carbons (Fsp3) is 0.100. The number of anilines is 1. The fourth-order valence-corrected chi connectivity index (χ4v) is 2.99. The molecule has 0 saturated heterocycles. The zero-order valence-corrected chi connectivity index (χ0v) is 14.2. The molecule has 1 amide bonds. The van der Waals surface area contributed by atoms with Crippen LogP contribution in [0.4, 0.5) is 5.69 Å². The van der Waals surface area contributed by atoms with Gasteiger partial charge >= 0.3 is 0 Å². The third kappa shape index (κ3) is 2.82. The van der Waals surface area contributed by atoms with Crippen LogP contribution in [0.3, 0.4) is 0 Å². The Kier molecular flexibility index (Phi) is 4.15. The van der Waals surface area contributed by atoms with E-state index in [2.05, 4.69) is 15.0 Å². The lowest BCUT2D eigenvalue weighted by Gasteiger charge is -2.25. The zero-order valence-electron chi connectivity index (χ0n) is 14.2. The summed E-state index contributed by atoms with van der Waals surface area (Å²) in [5.74, 6) is -0.0692. The average Bonchev–Trinajstić information content (AvgIpc) is 3.13. The Morgan fingerprint density at radius 1 is 1.00 bits per heavy atom. The predicted octanol–water partition coefficient (Wildman–Crippen LogP) is 3.08. The number of rotatable bonds is 4. The van der Waals surface area contributed by atoms with Gasteiger partial charge in [0.2, 0.25) is 0 Å². The summed E-state index contributed by atoms with van der Waals surface area (Å²) < 4.78 is 1.80. The minimum Gasteiger partial charge on any atom is -0.313 e. The van der Waals surface area contributed by atoms with Gasteiger partial charge in [-0.3, -0.25) is 9.36 Å². The van der Waals surface area contributed by atoms with Gasteiger partial charge in [0.1, 0.15) is 17.9 Å². The average molecular weight is 343 g/mol. The monoisotopic (exact) mass is 343 g/mol. The van der Waals surface area contributed by atoms with E-state index in [1.54, 1.807) is 29.0 Å². The molecule has 6 heteroatoms. The maximum absolute atomic E-state index is 13.4. The highest BCUT2D eigenvalue weighted by Crippen LogP contribution is 2.26. The van der Waals surface area contributed by atoms with Crippen molar-refractivity contribution in [2.45, 2.75) is 6.04 Å². The highest BCUT2D eigenvalue weighted by Gasteiger charge is 2.28. The van der Waals surface area contributed by atoms with Crippen LogP contribution >= 0.6 is 0 Å². The Balaban J connectivity index is 1.83. The van der Waals surface area contributed by atoms with Gasteiger partial charge in [-0.1, -0.05) is 48.5 Å². The maximum Gasteiger partial charge on any atom is 0.254 e. The summed E-state index contributed by atoms with van der Waals surface area (Å²) >= 11 is 0. The molecule has 6 nitrogen and oxygen atoms in total. The van der Waals surface area contributed by atoms with Crippen LogP contribution in [0.15, 0.2) is 79.5 Å².